The van der Waals surface area contributed by atoms with E-state index in [9.17, 15) is 0 Å². The first-order valence-electron chi connectivity index (χ1n) is 5.70. The first-order valence-corrected chi connectivity index (χ1v) is 6.58. The molecule has 0 aliphatic heterocycles. The number of nitrogens with two attached hydrogens (primary N) is 1. The van der Waals surface area contributed by atoms with Gasteiger partial charge in [-0.2, -0.15) is 0 Å². The summed E-state index contributed by atoms with van der Waals surface area (Å²) in [4.78, 5) is 5.38. The Kier molecular flexibility index (Phi) is 6.55. The molecule has 1 aromatic rings. The van der Waals surface area contributed by atoms with Crippen molar-refractivity contribution in [2.75, 3.05) is 0 Å². The van der Waals surface area contributed by atoms with E-state index in [-0.39, 0.29) is 0 Å². The second-order valence-electron chi connectivity index (χ2n) is 3.88. The predicted molar refractivity (Wildman–Crippen MR) is 65.7 cm³/mol. The van der Waals surface area contributed by atoms with Crippen molar-refractivity contribution in [2.45, 2.75) is 51.5 Å². The topological polar surface area (TPSA) is 50.9 Å². The van der Waals surface area contributed by atoms with Crippen LogP contribution in [0.2, 0.25) is 0 Å². The lowest BCUT2D eigenvalue weighted by molar-refractivity contribution is 0.465. The van der Waals surface area contributed by atoms with Crippen molar-refractivity contribution in [1.82, 2.24) is 10.4 Å². The Bertz CT molecular complexity index is 236. The van der Waals surface area contributed by atoms with Gasteiger partial charge in [-0.3, -0.25) is 16.3 Å². The van der Waals surface area contributed by atoms with Crippen LogP contribution in [0, 0.1) is 0 Å². The van der Waals surface area contributed by atoms with E-state index in [1.807, 2.05) is 11.7 Å². The van der Waals surface area contributed by atoms with Crippen molar-refractivity contribution in [3.05, 3.63) is 16.6 Å². The molecule has 4 heteroatoms. The molecule has 1 aromatic heterocycles. The average Bonchev–Trinajstić information content (AvgIpc) is 2.75. The van der Waals surface area contributed by atoms with Gasteiger partial charge in [0.2, 0.25) is 0 Å². The largest absolute Gasteiger partial charge is 0.271 e. The number of rotatable bonds is 8. The second kappa shape index (κ2) is 7.79. The molecule has 1 unspecified atom stereocenters. The maximum Gasteiger partial charge on any atom is 0.0794 e. The maximum atomic E-state index is 5.54. The minimum atomic E-state index is 0.405. The van der Waals surface area contributed by atoms with Crippen LogP contribution in [0.1, 0.15) is 43.9 Å². The van der Waals surface area contributed by atoms with Gasteiger partial charge in [-0.25, -0.2) is 0 Å². The van der Waals surface area contributed by atoms with Crippen molar-refractivity contribution >= 4 is 11.3 Å². The summed E-state index contributed by atoms with van der Waals surface area (Å²) in [7, 11) is 0. The van der Waals surface area contributed by atoms with Crippen LogP contribution in [0.4, 0.5) is 0 Å². The van der Waals surface area contributed by atoms with Crippen LogP contribution >= 0.6 is 11.3 Å². The summed E-state index contributed by atoms with van der Waals surface area (Å²) >= 11 is 1.70. The predicted octanol–water partition coefficient (Wildman–Crippen LogP) is 2.49. The monoisotopic (exact) mass is 227 g/mol. The lowest BCUT2D eigenvalue weighted by atomic mass is 10.0. The van der Waals surface area contributed by atoms with E-state index in [4.69, 9.17) is 5.84 Å². The summed E-state index contributed by atoms with van der Waals surface area (Å²) in [6, 6.07) is 0.405. The van der Waals surface area contributed by atoms with Crippen LogP contribution in [0.25, 0.3) is 0 Å². The van der Waals surface area contributed by atoms with E-state index < -0.39 is 0 Å². The third-order valence-corrected chi connectivity index (χ3v) is 3.37. The highest BCUT2D eigenvalue weighted by atomic mass is 32.1. The third-order valence-electron chi connectivity index (χ3n) is 2.57. The van der Waals surface area contributed by atoms with Crippen LogP contribution in [0.5, 0.6) is 0 Å². The number of thiazole rings is 1. The number of hydrogen-bond acceptors (Lipinski definition) is 4. The summed E-state index contributed by atoms with van der Waals surface area (Å²) in [6.45, 7) is 2.23. The van der Waals surface area contributed by atoms with Gasteiger partial charge in [0, 0.05) is 23.5 Å². The molecule has 0 aromatic carbocycles. The van der Waals surface area contributed by atoms with Crippen molar-refractivity contribution in [3.63, 3.8) is 0 Å². The maximum absolute atomic E-state index is 5.54. The molecule has 3 N–H and O–H groups in total. The zero-order valence-corrected chi connectivity index (χ0v) is 10.2. The Morgan fingerprint density at radius 1 is 1.47 bits per heavy atom. The number of nitrogens with zero attached hydrogens (tertiary/aromatic N) is 1. The Morgan fingerprint density at radius 2 is 2.33 bits per heavy atom. The summed E-state index contributed by atoms with van der Waals surface area (Å²) in [6.07, 6.45) is 9.30. The van der Waals surface area contributed by atoms with Crippen LogP contribution in [0.3, 0.4) is 0 Å². The molecule has 0 saturated carbocycles. The van der Waals surface area contributed by atoms with E-state index in [2.05, 4.69) is 17.3 Å². The quantitative estimate of drug-likeness (QED) is 0.407. The highest BCUT2D eigenvalue weighted by Gasteiger charge is 2.08. The molecule has 15 heavy (non-hydrogen) atoms. The minimum Gasteiger partial charge on any atom is -0.271 e. The number of unbranched alkanes of at least 4 members (excludes halogenated alkanes) is 3. The van der Waals surface area contributed by atoms with Gasteiger partial charge in [-0.15, -0.1) is 11.3 Å². The van der Waals surface area contributed by atoms with E-state index in [0.29, 0.717) is 6.04 Å². The molecule has 0 aliphatic rings. The first-order chi connectivity index (χ1) is 7.36. The van der Waals surface area contributed by atoms with Gasteiger partial charge in [-0.05, 0) is 6.42 Å². The molecule has 1 rings (SSSR count). The molecule has 0 aliphatic carbocycles. The number of nitrogens with one attached hydrogen (secondary N) is 1. The van der Waals surface area contributed by atoms with E-state index in [1.165, 1.54) is 30.6 Å². The van der Waals surface area contributed by atoms with Crippen molar-refractivity contribution < 1.29 is 0 Å². The smallest absolute Gasteiger partial charge is 0.0794 e. The highest BCUT2D eigenvalue weighted by Crippen LogP contribution is 2.12. The van der Waals surface area contributed by atoms with Crippen molar-refractivity contribution in [3.8, 4) is 0 Å². The van der Waals surface area contributed by atoms with Crippen molar-refractivity contribution in [1.29, 1.82) is 0 Å². The van der Waals surface area contributed by atoms with Gasteiger partial charge in [0.05, 0.1) is 5.51 Å². The fraction of sp³-hybridized carbons (Fsp3) is 0.727. The van der Waals surface area contributed by atoms with Crippen LogP contribution in [0.15, 0.2) is 11.7 Å². The Labute approximate surface area is 96.1 Å². The summed E-state index contributed by atoms with van der Waals surface area (Å²) < 4.78 is 0. The summed E-state index contributed by atoms with van der Waals surface area (Å²) in [5, 5.41) is 0. The molecular weight excluding hydrogens is 206 g/mol. The molecule has 0 bridgehead atoms. The normalized spacial score (nSPS) is 12.9. The van der Waals surface area contributed by atoms with Crippen LogP contribution < -0.4 is 11.3 Å². The Balaban J connectivity index is 2.18. The fourth-order valence-electron chi connectivity index (χ4n) is 1.65. The van der Waals surface area contributed by atoms with E-state index in [0.717, 1.165) is 12.8 Å². The van der Waals surface area contributed by atoms with E-state index in [1.54, 1.807) is 11.3 Å². The molecule has 0 fully saturated rings. The second-order valence-corrected chi connectivity index (χ2v) is 4.86. The first kappa shape index (κ1) is 12.6. The SMILES string of the molecule is CCCCCCC(Cc1cncs1)NN. The number of hydrogen-bond donors (Lipinski definition) is 2. The molecule has 0 spiro atoms. The molecule has 3 nitrogen and oxygen atoms in total. The van der Waals surface area contributed by atoms with Gasteiger partial charge in [0.1, 0.15) is 0 Å². The molecule has 1 heterocycles. The molecule has 0 radical (unpaired) electrons. The Morgan fingerprint density at radius 3 is 2.93 bits per heavy atom. The summed E-state index contributed by atoms with van der Waals surface area (Å²) in [5.74, 6) is 5.54. The van der Waals surface area contributed by atoms with Gasteiger partial charge in [0.15, 0.2) is 0 Å². The van der Waals surface area contributed by atoms with Gasteiger partial charge in [-0.1, -0.05) is 32.6 Å². The molecular formula is C11H21N3S. The summed E-state index contributed by atoms with van der Waals surface area (Å²) in [5.41, 5.74) is 4.77. The molecule has 86 valence electrons. The lowest BCUT2D eigenvalue weighted by Crippen LogP contribution is -2.36. The van der Waals surface area contributed by atoms with Crippen molar-refractivity contribution in [2.24, 2.45) is 5.84 Å². The average molecular weight is 227 g/mol. The lowest BCUT2D eigenvalue weighted by Gasteiger charge is -2.14. The van der Waals surface area contributed by atoms with Gasteiger partial charge >= 0.3 is 0 Å². The minimum absolute atomic E-state index is 0.405. The molecule has 0 saturated heterocycles. The van der Waals surface area contributed by atoms with Gasteiger partial charge in [0.25, 0.3) is 0 Å². The number of hydrazine groups is 1. The standard InChI is InChI=1S/C11H21N3S/c1-2-3-4-5-6-10(14-12)7-11-8-13-9-15-11/h8-10,14H,2-7,12H2,1H3. The molecule has 1 atom stereocenters. The third kappa shape index (κ3) is 5.25. The van der Waals surface area contributed by atoms with E-state index >= 15 is 0 Å². The highest BCUT2D eigenvalue weighted by molar-refractivity contribution is 7.09. The molecule has 0 amide bonds. The zero-order valence-electron chi connectivity index (χ0n) is 9.41. The van der Waals surface area contributed by atoms with Crippen LogP contribution in [-0.4, -0.2) is 11.0 Å². The fourth-order valence-corrected chi connectivity index (χ4v) is 2.32. The Hall–Kier alpha value is -0.450. The number of aromatic nitrogens is 1. The zero-order chi connectivity index (χ0) is 10.9. The van der Waals surface area contributed by atoms with Gasteiger partial charge < -0.3 is 0 Å². The van der Waals surface area contributed by atoms with Crippen LogP contribution in [-0.2, 0) is 6.42 Å².